The highest BCUT2D eigenvalue weighted by Crippen LogP contribution is 2.42. The van der Waals surface area contributed by atoms with Crippen molar-refractivity contribution in [2.24, 2.45) is 0 Å². The maximum Gasteiger partial charge on any atom is 0.409 e. The van der Waals surface area contributed by atoms with Crippen LogP contribution in [0.2, 0.25) is 5.04 Å². The second-order valence-corrected chi connectivity index (χ2v) is 15.2. The number of hydrogen-bond donors (Lipinski definition) is 3. The number of anilines is 1. The van der Waals surface area contributed by atoms with E-state index in [0.29, 0.717) is 17.9 Å². The number of carbonyl (C=O) groups is 2. The number of hydrogen-bond acceptors (Lipinski definition) is 5. The third-order valence-corrected chi connectivity index (χ3v) is 12.1. The van der Waals surface area contributed by atoms with Crippen LogP contribution in [-0.4, -0.2) is 55.2 Å². The third kappa shape index (κ3) is 5.48. The summed E-state index contributed by atoms with van der Waals surface area (Å²) in [7, 11) is -1.60. The van der Waals surface area contributed by atoms with Crippen molar-refractivity contribution in [1.82, 2.24) is 4.90 Å². The SMILES string of the molecule is COc1cc(C(=O)N2C=C(C)C[C@H]2CO)c(NC(=O)O)cc1O[Si](c1ccccc1)(c1ccccc1)C(C)(C)C. The average molecular weight is 561 g/mol. The molecule has 3 aromatic carbocycles. The first-order chi connectivity index (χ1) is 19.0. The number of benzene rings is 3. The Balaban J connectivity index is 1.93. The zero-order valence-electron chi connectivity index (χ0n) is 23.5. The van der Waals surface area contributed by atoms with Gasteiger partial charge in [-0.05, 0) is 34.8 Å². The molecule has 9 heteroatoms. The number of aliphatic hydroxyl groups is 1. The smallest absolute Gasteiger partial charge is 0.409 e. The summed E-state index contributed by atoms with van der Waals surface area (Å²) in [5.41, 5.74) is 1.11. The molecular weight excluding hydrogens is 524 g/mol. The first-order valence-electron chi connectivity index (χ1n) is 13.1. The van der Waals surface area contributed by atoms with Gasteiger partial charge in [-0.1, -0.05) is 87.0 Å². The van der Waals surface area contributed by atoms with Gasteiger partial charge >= 0.3 is 14.4 Å². The van der Waals surface area contributed by atoms with Crippen LogP contribution in [0.5, 0.6) is 11.5 Å². The molecule has 0 bridgehead atoms. The molecule has 1 aliphatic rings. The van der Waals surface area contributed by atoms with E-state index >= 15 is 0 Å². The zero-order chi connectivity index (χ0) is 29.1. The van der Waals surface area contributed by atoms with Crippen LogP contribution in [0.25, 0.3) is 0 Å². The minimum Gasteiger partial charge on any atom is -0.531 e. The van der Waals surface area contributed by atoms with Gasteiger partial charge in [0.2, 0.25) is 0 Å². The van der Waals surface area contributed by atoms with Gasteiger partial charge in [-0.2, -0.15) is 0 Å². The lowest BCUT2D eigenvalue weighted by molar-refractivity contribution is 0.0732. The Morgan fingerprint density at radius 2 is 1.57 bits per heavy atom. The third-order valence-electron chi connectivity index (χ3n) is 7.21. The van der Waals surface area contributed by atoms with Crippen molar-refractivity contribution in [2.45, 2.75) is 45.2 Å². The van der Waals surface area contributed by atoms with E-state index in [1.54, 1.807) is 6.20 Å². The van der Waals surface area contributed by atoms with E-state index in [-0.39, 0.29) is 22.9 Å². The molecule has 3 N–H and O–H groups in total. The standard InChI is InChI=1S/C31H36N2O6Si/c1-21-16-22(20-34)33(19-21)29(35)25-17-27(38-5)28(18-26(25)32-30(36)37)39-40(31(2,3)4,23-12-8-6-9-13-23)24-14-10-7-11-15-24/h6-15,17-19,22,32,34H,16,20H2,1-5H3,(H,36,37)/t22-/m0/s1. The number of amides is 2. The molecular formula is C31H36N2O6Si. The molecule has 0 saturated carbocycles. The van der Waals surface area contributed by atoms with Crippen LogP contribution in [0.4, 0.5) is 10.5 Å². The van der Waals surface area contributed by atoms with Crippen molar-refractivity contribution in [3.63, 3.8) is 0 Å². The van der Waals surface area contributed by atoms with Crippen molar-refractivity contribution < 1.29 is 29.0 Å². The fourth-order valence-corrected chi connectivity index (χ4v) is 9.81. The van der Waals surface area contributed by atoms with Gasteiger partial charge in [0, 0.05) is 12.3 Å². The molecule has 3 aromatic rings. The highest BCUT2D eigenvalue weighted by Gasteiger charge is 2.52. The van der Waals surface area contributed by atoms with Crippen molar-refractivity contribution in [2.75, 3.05) is 19.0 Å². The van der Waals surface area contributed by atoms with Gasteiger partial charge in [0.25, 0.3) is 5.91 Å². The highest BCUT2D eigenvalue weighted by atomic mass is 28.4. The molecule has 8 nitrogen and oxygen atoms in total. The van der Waals surface area contributed by atoms with Crippen LogP contribution < -0.4 is 24.9 Å². The molecule has 0 aromatic heterocycles. The Morgan fingerprint density at radius 3 is 2.05 bits per heavy atom. The Hall–Kier alpha value is -4.08. The number of carboxylic acid groups (broad SMARTS) is 1. The predicted molar refractivity (Wildman–Crippen MR) is 158 cm³/mol. The maximum absolute atomic E-state index is 13.7. The molecule has 0 spiro atoms. The topological polar surface area (TPSA) is 108 Å². The van der Waals surface area contributed by atoms with Crippen LogP contribution in [0, 0.1) is 0 Å². The monoisotopic (exact) mass is 560 g/mol. The van der Waals surface area contributed by atoms with Crippen molar-refractivity contribution in [3.05, 3.63) is 90.1 Å². The molecule has 0 unspecified atom stereocenters. The van der Waals surface area contributed by atoms with E-state index in [2.05, 4.69) is 50.4 Å². The number of rotatable bonds is 8. The summed E-state index contributed by atoms with van der Waals surface area (Å²) in [6.45, 7) is 8.08. The molecule has 0 radical (unpaired) electrons. The van der Waals surface area contributed by atoms with Crippen LogP contribution >= 0.6 is 0 Å². The number of ether oxygens (including phenoxy) is 1. The molecule has 4 rings (SSSR count). The van der Waals surface area contributed by atoms with Gasteiger partial charge in [0.05, 0.1) is 31.0 Å². The van der Waals surface area contributed by atoms with E-state index in [1.807, 2.05) is 43.3 Å². The van der Waals surface area contributed by atoms with Crippen LogP contribution in [0.1, 0.15) is 44.5 Å². The quantitative estimate of drug-likeness (QED) is 0.341. The van der Waals surface area contributed by atoms with Gasteiger partial charge in [-0.15, -0.1) is 0 Å². The number of methoxy groups -OCH3 is 1. The number of nitrogens with zero attached hydrogens (tertiary/aromatic N) is 1. The lowest BCUT2D eigenvalue weighted by Crippen LogP contribution is -2.68. The number of carbonyl (C=O) groups excluding carboxylic acids is 1. The molecule has 0 aliphatic carbocycles. The molecule has 1 atom stereocenters. The summed E-state index contributed by atoms with van der Waals surface area (Å²) in [5, 5.41) is 23.6. The molecule has 2 amide bonds. The van der Waals surface area contributed by atoms with Gasteiger partial charge < -0.3 is 24.3 Å². The summed E-state index contributed by atoms with van der Waals surface area (Å²) in [4.78, 5) is 27.0. The van der Waals surface area contributed by atoms with Gasteiger partial charge in [-0.3, -0.25) is 10.1 Å². The normalized spacial score (nSPS) is 15.4. The average Bonchev–Trinajstić information content (AvgIpc) is 3.32. The predicted octanol–water partition coefficient (Wildman–Crippen LogP) is 4.83. The lowest BCUT2D eigenvalue weighted by atomic mass is 10.1. The zero-order valence-corrected chi connectivity index (χ0v) is 24.5. The van der Waals surface area contributed by atoms with E-state index in [9.17, 15) is 19.8 Å². The summed E-state index contributed by atoms with van der Waals surface area (Å²) in [5.74, 6) is 0.173. The fraction of sp³-hybridized carbons (Fsp3) is 0.290. The summed E-state index contributed by atoms with van der Waals surface area (Å²) < 4.78 is 12.9. The second-order valence-electron chi connectivity index (χ2n) is 11.0. The van der Waals surface area contributed by atoms with Gasteiger partial charge in [-0.25, -0.2) is 4.79 Å². The van der Waals surface area contributed by atoms with Crippen LogP contribution in [-0.2, 0) is 0 Å². The number of aliphatic hydroxyl groups excluding tert-OH is 1. The minimum atomic E-state index is -3.09. The molecule has 0 fully saturated rings. The summed E-state index contributed by atoms with van der Waals surface area (Å²) in [6.07, 6.45) is 0.908. The lowest BCUT2D eigenvalue weighted by Gasteiger charge is -2.43. The minimum absolute atomic E-state index is 0.0703. The van der Waals surface area contributed by atoms with Crippen molar-refractivity contribution in [1.29, 1.82) is 0 Å². The molecule has 210 valence electrons. The Kier molecular flexibility index (Phi) is 8.36. The maximum atomic E-state index is 13.7. The molecule has 1 aliphatic heterocycles. The largest absolute Gasteiger partial charge is 0.531 e. The first kappa shape index (κ1) is 28.9. The van der Waals surface area contributed by atoms with Crippen LogP contribution in [0.3, 0.4) is 0 Å². The number of nitrogens with one attached hydrogen (secondary N) is 1. The van der Waals surface area contributed by atoms with E-state index in [0.717, 1.165) is 15.9 Å². The van der Waals surface area contributed by atoms with Gasteiger partial charge in [0.15, 0.2) is 5.75 Å². The summed E-state index contributed by atoms with van der Waals surface area (Å²) >= 11 is 0. The first-order valence-corrected chi connectivity index (χ1v) is 15.1. The molecule has 0 saturated heterocycles. The molecule has 1 heterocycles. The molecule has 40 heavy (non-hydrogen) atoms. The van der Waals surface area contributed by atoms with Crippen molar-refractivity contribution >= 4 is 36.4 Å². The fourth-order valence-electron chi connectivity index (χ4n) is 5.39. The van der Waals surface area contributed by atoms with Crippen LogP contribution in [0.15, 0.2) is 84.6 Å². The van der Waals surface area contributed by atoms with Gasteiger partial charge in [0.1, 0.15) is 5.75 Å². The van der Waals surface area contributed by atoms with E-state index in [4.69, 9.17) is 9.16 Å². The van der Waals surface area contributed by atoms with E-state index < -0.39 is 26.4 Å². The Morgan fingerprint density at radius 1 is 1.00 bits per heavy atom. The highest BCUT2D eigenvalue weighted by molar-refractivity contribution is 7.00. The second kappa shape index (κ2) is 11.6. The van der Waals surface area contributed by atoms with E-state index in [1.165, 1.54) is 24.1 Å². The summed E-state index contributed by atoms with van der Waals surface area (Å²) in [6, 6.07) is 22.7. The Bertz CT molecular complexity index is 1360. The van der Waals surface area contributed by atoms with Crippen molar-refractivity contribution in [3.8, 4) is 11.5 Å². The Labute approximate surface area is 236 Å².